The summed E-state index contributed by atoms with van der Waals surface area (Å²) in [7, 11) is 1.74. The highest BCUT2D eigenvalue weighted by molar-refractivity contribution is 7.07. The fourth-order valence-electron chi connectivity index (χ4n) is 2.56. The molecule has 0 radical (unpaired) electrons. The Labute approximate surface area is 155 Å². The first-order valence-electron chi connectivity index (χ1n) is 7.72. The van der Waals surface area contributed by atoms with Gasteiger partial charge in [0.2, 0.25) is 0 Å². The zero-order valence-corrected chi connectivity index (χ0v) is 15.2. The van der Waals surface area contributed by atoms with Crippen LogP contribution in [0.3, 0.4) is 0 Å². The summed E-state index contributed by atoms with van der Waals surface area (Å²) >= 11 is 7.47. The smallest absolute Gasteiger partial charge is 0.254 e. The van der Waals surface area contributed by atoms with Gasteiger partial charge in [0, 0.05) is 29.7 Å². The van der Waals surface area contributed by atoms with E-state index >= 15 is 0 Å². The van der Waals surface area contributed by atoms with Gasteiger partial charge in [-0.2, -0.15) is 11.3 Å². The molecule has 0 aliphatic heterocycles. The molecule has 1 aromatic heterocycles. The summed E-state index contributed by atoms with van der Waals surface area (Å²) in [5.41, 5.74) is 2.37. The number of rotatable bonds is 5. The normalized spacial score (nSPS) is 10.5. The maximum absolute atomic E-state index is 12.8. The second-order valence-electron chi connectivity index (χ2n) is 5.67. The number of halogens is 1. The van der Waals surface area contributed by atoms with Gasteiger partial charge in [0.15, 0.2) is 5.78 Å². The van der Waals surface area contributed by atoms with E-state index in [-0.39, 0.29) is 11.7 Å². The van der Waals surface area contributed by atoms with Gasteiger partial charge in [-0.05, 0) is 52.7 Å². The number of nitrogens with zero attached hydrogens (tertiary/aromatic N) is 1. The van der Waals surface area contributed by atoms with E-state index < -0.39 is 0 Å². The van der Waals surface area contributed by atoms with Crippen molar-refractivity contribution in [2.75, 3.05) is 7.05 Å². The molecule has 0 unspecified atom stereocenters. The number of hydrogen-bond donors (Lipinski definition) is 0. The third-order valence-corrected chi connectivity index (χ3v) is 4.84. The summed E-state index contributed by atoms with van der Waals surface area (Å²) < 4.78 is 0. The van der Waals surface area contributed by atoms with Crippen LogP contribution in [-0.4, -0.2) is 23.6 Å². The molecule has 3 nitrogen and oxygen atoms in total. The number of carbonyl (C=O) groups is 2. The molecular formula is C20H16ClNO2S. The monoisotopic (exact) mass is 369 g/mol. The molecule has 0 aliphatic rings. The fourth-order valence-corrected chi connectivity index (χ4v) is 3.34. The van der Waals surface area contributed by atoms with Crippen molar-refractivity contribution in [2.45, 2.75) is 6.54 Å². The molecule has 3 rings (SSSR count). The summed E-state index contributed by atoms with van der Waals surface area (Å²) in [6, 6.07) is 15.6. The lowest BCUT2D eigenvalue weighted by atomic mass is 9.97. The van der Waals surface area contributed by atoms with Crippen molar-refractivity contribution in [2.24, 2.45) is 0 Å². The van der Waals surface area contributed by atoms with Gasteiger partial charge in [-0.25, -0.2) is 0 Å². The Morgan fingerprint density at radius 1 is 1.00 bits per heavy atom. The van der Waals surface area contributed by atoms with E-state index in [0.29, 0.717) is 28.3 Å². The van der Waals surface area contributed by atoms with Crippen molar-refractivity contribution < 1.29 is 9.59 Å². The van der Waals surface area contributed by atoms with E-state index in [2.05, 4.69) is 0 Å². The summed E-state index contributed by atoms with van der Waals surface area (Å²) in [5, 5.41) is 4.55. The van der Waals surface area contributed by atoms with Crippen LogP contribution >= 0.6 is 22.9 Å². The Kier molecular flexibility index (Phi) is 5.31. The van der Waals surface area contributed by atoms with E-state index in [4.69, 9.17) is 11.6 Å². The van der Waals surface area contributed by atoms with Gasteiger partial charge in [-0.1, -0.05) is 29.8 Å². The molecule has 2 aromatic carbocycles. The van der Waals surface area contributed by atoms with Gasteiger partial charge < -0.3 is 4.90 Å². The second-order valence-corrected chi connectivity index (χ2v) is 6.89. The van der Waals surface area contributed by atoms with Crippen LogP contribution in [0.15, 0.2) is 65.4 Å². The van der Waals surface area contributed by atoms with Crippen LogP contribution in [0.2, 0.25) is 5.02 Å². The quantitative estimate of drug-likeness (QED) is 0.599. The molecule has 0 saturated heterocycles. The topological polar surface area (TPSA) is 37.4 Å². The predicted octanol–water partition coefficient (Wildman–Crippen LogP) is 4.90. The molecule has 0 spiro atoms. The van der Waals surface area contributed by atoms with Crippen molar-refractivity contribution >= 4 is 34.6 Å². The van der Waals surface area contributed by atoms with E-state index in [9.17, 15) is 9.59 Å². The lowest BCUT2D eigenvalue weighted by Gasteiger charge is -2.18. The van der Waals surface area contributed by atoms with E-state index in [1.54, 1.807) is 71.8 Å². The molecule has 25 heavy (non-hydrogen) atoms. The lowest BCUT2D eigenvalue weighted by Crippen LogP contribution is -2.27. The predicted molar refractivity (Wildman–Crippen MR) is 101 cm³/mol. The summed E-state index contributed by atoms with van der Waals surface area (Å²) in [6.07, 6.45) is 0. The third-order valence-electron chi connectivity index (χ3n) is 3.86. The van der Waals surface area contributed by atoms with E-state index in [0.717, 1.165) is 5.56 Å². The number of benzene rings is 2. The molecule has 0 atom stereocenters. The number of amides is 1. The highest BCUT2D eigenvalue weighted by Gasteiger charge is 2.20. The second kappa shape index (κ2) is 7.64. The first-order chi connectivity index (χ1) is 12.1. The zero-order valence-electron chi connectivity index (χ0n) is 13.6. The molecule has 1 heterocycles. The maximum Gasteiger partial charge on any atom is 0.254 e. The Balaban J connectivity index is 1.88. The fraction of sp³-hybridized carbons (Fsp3) is 0.100. The van der Waals surface area contributed by atoms with Gasteiger partial charge in [-0.3, -0.25) is 9.59 Å². The van der Waals surface area contributed by atoms with Crippen molar-refractivity contribution in [3.8, 4) is 0 Å². The molecule has 126 valence electrons. The van der Waals surface area contributed by atoms with Crippen molar-refractivity contribution in [3.05, 3.63) is 92.6 Å². The number of hydrogen-bond acceptors (Lipinski definition) is 3. The first-order valence-corrected chi connectivity index (χ1v) is 9.04. The van der Waals surface area contributed by atoms with Crippen LogP contribution < -0.4 is 0 Å². The largest absolute Gasteiger partial charge is 0.337 e. The first kappa shape index (κ1) is 17.4. The molecular weight excluding hydrogens is 354 g/mol. The van der Waals surface area contributed by atoms with E-state index in [1.165, 1.54) is 0 Å². The van der Waals surface area contributed by atoms with Crippen molar-refractivity contribution in [1.82, 2.24) is 4.90 Å². The number of thiophene rings is 1. The van der Waals surface area contributed by atoms with Crippen LogP contribution in [0.25, 0.3) is 0 Å². The van der Waals surface area contributed by atoms with Crippen LogP contribution in [0.4, 0.5) is 0 Å². The minimum Gasteiger partial charge on any atom is -0.337 e. The van der Waals surface area contributed by atoms with Crippen LogP contribution in [0.1, 0.15) is 31.8 Å². The molecule has 0 saturated carbocycles. The van der Waals surface area contributed by atoms with Gasteiger partial charge in [0.05, 0.1) is 5.56 Å². The zero-order chi connectivity index (χ0) is 17.8. The van der Waals surface area contributed by atoms with Gasteiger partial charge >= 0.3 is 0 Å². The molecule has 0 bridgehead atoms. The summed E-state index contributed by atoms with van der Waals surface area (Å²) in [6.45, 7) is 0.506. The molecule has 0 fully saturated rings. The SMILES string of the molecule is CN(Cc1ccsc1)C(=O)c1ccccc1C(=O)c1ccc(Cl)cc1. The minimum atomic E-state index is -0.190. The number of carbonyl (C=O) groups excluding carboxylic acids is 2. The van der Waals surface area contributed by atoms with Gasteiger partial charge in [-0.15, -0.1) is 0 Å². The van der Waals surface area contributed by atoms with Gasteiger partial charge in [0.1, 0.15) is 0 Å². The average Bonchev–Trinajstić information content (AvgIpc) is 3.14. The Morgan fingerprint density at radius 2 is 1.68 bits per heavy atom. The molecule has 1 amide bonds. The highest BCUT2D eigenvalue weighted by atomic mass is 35.5. The average molecular weight is 370 g/mol. The minimum absolute atomic E-state index is 0.177. The number of ketones is 1. The van der Waals surface area contributed by atoms with Crippen molar-refractivity contribution in [1.29, 1.82) is 0 Å². The molecule has 0 aliphatic carbocycles. The summed E-state index contributed by atoms with van der Waals surface area (Å²) in [5.74, 6) is -0.367. The van der Waals surface area contributed by atoms with Crippen LogP contribution in [0, 0.1) is 0 Å². The molecule has 3 aromatic rings. The van der Waals surface area contributed by atoms with Crippen LogP contribution in [0.5, 0.6) is 0 Å². The maximum atomic E-state index is 12.8. The van der Waals surface area contributed by atoms with E-state index in [1.807, 2.05) is 16.8 Å². The Morgan fingerprint density at radius 3 is 2.32 bits per heavy atom. The third kappa shape index (κ3) is 3.98. The Bertz CT molecular complexity index is 888. The highest BCUT2D eigenvalue weighted by Crippen LogP contribution is 2.19. The standard InChI is InChI=1S/C20H16ClNO2S/c1-22(12-14-10-11-25-13-14)20(24)18-5-3-2-4-17(18)19(23)15-6-8-16(21)9-7-15/h2-11,13H,12H2,1H3. The van der Waals surface area contributed by atoms with Crippen molar-refractivity contribution in [3.63, 3.8) is 0 Å². The van der Waals surface area contributed by atoms with Crippen LogP contribution in [-0.2, 0) is 6.54 Å². The lowest BCUT2D eigenvalue weighted by molar-refractivity contribution is 0.0780. The van der Waals surface area contributed by atoms with Gasteiger partial charge in [0.25, 0.3) is 5.91 Å². The Hall–Kier alpha value is -2.43. The molecule has 5 heteroatoms. The summed E-state index contributed by atoms with van der Waals surface area (Å²) in [4.78, 5) is 27.3. The molecule has 0 N–H and O–H groups in total.